The summed E-state index contributed by atoms with van der Waals surface area (Å²) in [5.41, 5.74) is 2.67. The number of carbonyl (C=O) groups is 1. The number of alkyl halides is 3. The lowest BCUT2D eigenvalue weighted by Gasteiger charge is -2.46. The Labute approximate surface area is 143 Å². The van der Waals surface area contributed by atoms with Gasteiger partial charge >= 0.3 is 6.36 Å². The molecule has 3 heterocycles. The molecule has 0 aromatic heterocycles. The van der Waals surface area contributed by atoms with E-state index in [0.29, 0.717) is 30.9 Å². The van der Waals surface area contributed by atoms with E-state index in [1.807, 2.05) is 4.90 Å². The molecule has 0 saturated carbocycles. The summed E-state index contributed by atoms with van der Waals surface area (Å²) in [5, 5.41) is 3.40. The molecule has 134 valence electrons. The molecule has 1 aromatic carbocycles. The summed E-state index contributed by atoms with van der Waals surface area (Å²) in [6.45, 7) is 2.41. The van der Waals surface area contributed by atoms with Gasteiger partial charge in [0.05, 0.1) is 0 Å². The summed E-state index contributed by atoms with van der Waals surface area (Å²) < 4.78 is 41.6. The minimum absolute atomic E-state index is 0.123. The molecule has 2 unspecified atom stereocenters. The van der Waals surface area contributed by atoms with E-state index in [9.17, 15) is 18.0 Å². The zero-order valence-corrected chi connectivity index (χ0v) is 13.6. The number of fused-ring (bicyclic) bond motifs is 4. The van der Waals surface area contributed by atoms with Crippen LogP contribution in [0.1, 0.15) is 24.8 Å². The lowest BCUT2D eigenvalue weighted by atomic mass is 9.78. The van der Waals surface area contributed by atoms with Gasteiger partial charge in [-0.25, -0.2) is 0 Å². The number of hydrogen-bond acceptors (Lipinski definition) is 3. The van der Waals surface area contributed by atoms with E-state index in [1.54, 1.807) is 12.1 Å². The topological polar surface area (TPSA) is 41.6 Å². The molecule has 3 aliphatic rings. The number of piperidine rings is 2. The monoisotopic (exact) mass is 352 g/mol. The van der Waals surface area contributed by atoms with Crippen molar-refractivity contribution in [2.75, 3.05) is 19.6 Å². The second-order valence-corrected chi connectivity index (χ2v) is 6.90. The first-order chi connectivity index (χ1) is 11.9. The molecule has 2 bridgehead atoms. The number of nitrogens with one attached hydrogen (secondary N) is 1. The van der Waals surface area contributed by atoms with Crippen LogP contribution in [0, 0.1) is 11.8 Å². The molecular formula is C18H19F3N2O2. The smallest absolute Gasteiger partial charge is 0.406 e. The fraction of sp³-hybridized carbons (Fsp3) is 0.500. The van der Waals surface area contributed by atoms with Gasteiger partial charge in [-0.05, 0) is 48.6 Å². The van der Waals surface area contributed by atoms with Gasteiger partial charge in [0.2, 0.25) is 5.91 Å². The quantitative estimate of drug-likeness (QED) is 0.889. The Morgan fingerprint density at radius 3 is 2.84 bits per heavy atom. The van der Waals surface area contributed by atoms with Crippen molar-refractivity contribution >= 4 is 11.5 Å². The van der Waals surface area contributed by atoms with Gasteiger partial charge in [-0.2, -0.15) is 0 Å². The van der Waals surface area contributed by atoms with Crippen molar-refractivity contribution in [1.29, 1.82) is 0 Å². The van der Waals surface area contributed by atoms with E-state index in [1.165, 1.54) is 12.1 Å². The molecule has 4 nitrogen and oxygen atoms in total. The average Bonchev–Trinajstić information content (AvgIpc) is 2.55. The summed E-state index contributed by atoms with van der Waals surface area (Å²) in [7, 11) is 0. The summed E-state index contributed by atoms with van der Waals surface area (Å²) >= 11 is 0. The van der Waals surface area contributed by atoms with Gasteiger partial charge in [-0.1, -0.05) is 12.1 Å². The summed E-state index contributed by atoms with van der Waals surface area (Å²) in [6, 6.07) is 6.08. The van der Waals surface area contributed by atoms with Crippen LogP contribution in [0.15, 0.2) is 30.0 Å². The molecule has 25 heavy (non-hydrogen) atoms. The van der Waals surface area contributed by atoms with Gasteiger partial charge in [0.1, 0.15) is 5.75 Å². The lowest BCUT2D eigenvalue weighted by molar-refractivity contribution is -0.274. The third-order valence-corrected chi connectivity index (χ3v) is 5.18. The van der Waals surface area contributed by atoms with E-state index in [-0.39, 0.29) is 17.6 Å². The fourth-order valence-electron chi connectivity index (χ4n) is 4.27. The Kier molecular flexibility index (Phi) is 3.98. The first-order valence-corrected chi connectivity index (χ1v) is 8.51. The maximum atomic E-state index is 12.5. The molecule has 3 aliphatic heterocycles. The van der Waals surface area contributed by atoms with E-state index in [2.05, 4.69) is 10.1 Å². The standard InChI is InChI=1S/C18H19F3N2O2/c19-18(20,21)25-14-3-1-2-12(7-14)15-4-5-16(24)23-10-11-6-13(17(15)23)9-22-8-11/h1-3,7,11,13,22H,4-6,8-10H2. The van der Waals surface area contributed by atoms with Crippen molar-refractivity contribution in [2.45, 2.75) is 25.6 Å². The normalized spacial score (nSPS) is 26.5. The van der Waals surface area contributed by atoms with Crippen LogP contribution in [0.4, 0.5) is 13.2 Å². The molecule has 1 amide bonds. The Morgan fingerprint density at radius 2 is 2.04 bits per heavy atom. The van der Waals surface area contributed by atoms with Gasteiger partial charge in [0.15, 0.2) is 0 Å². The van der Waals surface area contributed by atoms with Crippen LogP contribution >= 0.6 is 0 Å². The Balaban J connectivity index is 1.74. The molecule has 0 aliphatic carbocycles. The average molecular weight is 352 g/mol. The predicted octanol–water partition coefficient (Wildman–Crippen LogP) is 3.16. The third-order valence-electron chi connectivity index (χ3n) is 5.18. The molecule has 2 fully saturated rings. The highest BCUT2D eigenvalue weighted by Gasteiger charge is 2.40. The number of carbonyl (C=O) groups excluding carboxylic acids is 1. The number of rotatable bonds is 2. The minimum Gasteiger partial charge on any atom is -0.406 e. The minimum atomic E-state index is -4.71. The number of ether oxygens (including phenoxy) is 1. The number of hydrogen-bond donors (Lipinski definition) is 1. The number of benzene rings is 1. The molecule has 0 radical (unpaired) electrons. The van der Waals surface area contributed by atoms with E-state index < -0.39 is 6.36 Å². The van der Waals surface area contributed by atoms with Gasteiger partial charge in [0.25, 0.3) is 0 Å². The summed E-state index contributed by atoms with van der Waals surface area (Å²) in [6.07, 6.45) is -2.73. The number of amides is 1. The van der Waals surface area contributed by atoms with Crippen LogP contribution in [-0.4, -0.2) is 36.8 Å². The van der Waals surface area contributed by atoms with Gasteiger partial charge in [0, 0.05) is 31.1 Å². The SMILES string of the molecule is O=C1CCC(c2cccc(OC(F)(F)F)c2)=C2C3CNCC(C3)CN12. The number of allylic oxidation sites excluding steroid dienone is 1. The second kappa shape index (κ2) is 6.05. The molecule has 4 rings (SSSR count). The van der Waals surface area contributed by atoms with Crippen molar-refractivity contribution < 1.29 is 22.7 Å². The molecular weight excluding hydrogens is 333 g/mol. The van der Waals surface area contributed by atoms with Crippen LogP contribution in [-0.2, 0) is 4.79 Å². The lowest BCUT2D eigenvalue weighted by Crippen LogP contribution is -2.52. The van der Waals surface area contributed by atoms with Gasteiger partial charge < -0.3 is 15.0 Å². The molecule has 7 heteroatoms. The van der Waals surface area contributed by atoms with Crippen molar-refractivity contribution in [2.24, 2.45) is 11.8 Å². The Hall–Kier alpha value is -2.02. The first kappa shape index (κ1) is 16.4. The molecule has 1 N–H and O–H groups in total. The highest BCUT2D eigenvalue weighted by atomic mass is 19.4. The fourth-order valence-corrected chi connectivity index (χ4v) is 4.27. The van der Waals surface area contributed by atoms with E-state index >= 15 is 0 Å². The van der Waals surface area contributed by atoms with Gasteiger partial charge in [-0.15, -0.1) is 13.2 Å². The molecule has 0 spiro atoms. The maximum Gasteiger partial charge on any atom is 0.573 e. The van der Waals surface area contributed by atoms with E-state index in [4.69, 9.17) is 0 Å². The second-order valence-electron chi connectivity index (χ2n) is 6.90. The maximum absolute atomic E-state index is 12.5. The highest BCUT2D eigenvalue weighted by Crippen LogP contribution is 2.42. The predicted molar refractivity (Wildman–Crippen MR) is 85.5 cm³/mol. The van der Waals surface area contributed by atoms with Crippen molar-refractivity contribution in [1.82, 2.24) is 10.2 Å². The van der Waals surface area contributed by atoms with Gasteiger partial charge in [-0.3, -0.25) is 4.79 Å². The highest BCUT2D eigenvalue weighted by molar-refractivity contribution is 5.87. The van der Waals surface area contributed by atoms with Crippen molar-refractivity contribution in [3.05, 3.63) is 35.5 Å². The van der Waals surface area contributed by atoms with Crippen molar-refractivity contribution in [3.63, 3.8) is 0 Å². The molecule has 1 aromatic rings. The zero-order chi connectivity index (χ0) is 17.6. The third kappa shape index (κ3) is 3.25. The zero-order valence-electron chi connectivity index (χ0n) is 13.6. The molecule has 2 atom stereocenters. The summed E-state index contributed by atoms with van der Waals surface area (Å²) in [5.74, 6) is 0.583. The first-order valence-electron chi connectivity index (χ1n) is 8.51. The van der Waals surface area contributed by atoms with E-state index in [0.717, 1.165) is 30.8 Å². The molecule has 2 saturated heterocycles. The largest absolute Gasteiger partial charge is 0.573 e. The van der Waals surface area contributed by atoms with Crippen LogP contribution in [0.3, 0.4) is 0 Å². The Morgan fingerprint density at radius 1 is 1.20 bits per heavy atom. The summed E-state index contributed by atoms with van der Waals surface area (Å²) in [4.78, 5) is 14.3. The van der Waals surface area contributed by atoms with Crippen molar-refractivity contribution in [3.8, 4) is 5.75 Å². The number of halogens is 3. The van der Waals surface area contributed by atoms with Crippen LogP contribution in [0.2, 0.25) is 0 Å². The Bertz CT molecular complexity index is 729. The van der Waals surface area contributed by atoms with Crippen LogP contribution < -0.4 is 10.1 Å². The van der Waals surface area contributed by atoms with Crippen LogP contribution in [0.25, 0.3) is 5.57 Å². The number of nitrogens with zero attached hydrogens (tertiary/aromatic N) is 1. The van der Waals surface area contributed by atoms with Crippen LogP contribution in [0.5, 0.6) is 5.75 Å².